The summed E-state index contributed by atoms with van der Waals surface area (Å²) in [4.78, 5) is 13.5. The van der Waals surface area contributed by atoms with Crippen molar-refractivity contribution >= 4 is 32.1 Å². The fourth-order valence-corrected chi connectivity index (χ4v) is 6.99. The summed E-state index contributed by atoms with van der Waals surface area (Å²) in [7, 11) is 2.91. The van der Waals surface area contributed by atoms with Crippen LogP contribution in [0.25, 0.3) is 0 Å². The van der Waals surface area contributed by atoms with Crippen molar-refractivity contribution in [1.29, 1.82) is 0 Å². The number of likely N-dealkylation sites (tertiary alicyclic amines) is 1. The summed E-state index contributed by atoms with van der Waals surface area (Å²) in [6.07, 6.45) is 18.1. The topological polar surface area (TPSA) is 41.5 Å². The van der Waals surface area contributed by atoms with Crippen molar-refractivity contribution < 1.29 is 4.74 Å². The minimum absolute atomic E-state index is 0.566. The Labute approximate surface area is 248 Å². The molecule has 7 heteroatoms. The molecule has 3 fully saturated rings. The molecule has 2 aliphatic heterocycles. The number of rotatable bonds is 10. The first-order valence-corrected chi connectivity index (χ1v) is 15.9. The summed E-state index contributed by atoms with van der Waals surface area (Å²) in [5, 5.41) is 1.79. The molecule has 0 radical (unpaired) electrons. The zero-order valence-corrected chi connectivity index (χ0v) is 26.0. The van der Waals surface area contributed by atoms with Crippen LogP contribution >= 0.6 is 20.8 Å². The van der Waals surface area contributed by atoms with E-state index in [9.17, 15) is 0 Å². The van der Waals surface area contributed by atoms with Crippen LogP contribution in [0, 0.1) is 23.7 Å². The van der Waals surface area contributed by atoms with Gasteiger partial charge in [0.25, 0.3) is 0 Å². The van der Waals surface area contributed by atoms with E-state index in [2.05, 4.69) is 85.9 Å². The minimum Gasteiger partial charge on any atom is -0.494 e. The second-order valence-electron chi connectivity index (χ2n) is 11.7. The largest absolute Gasteiger partial charge is 0.494 e. The van der Waals surface area contributed by atoms with E-state index in [-0.39, 0.29) is 0 Å². The van der Waals surface area contributed by atoms with Crippen LogP contribution in [0.15, 0.2) is 66.8 Å². The van der Waals surface area contributed by atoms with Gasteiger partial charge >= 0.3 is 0 Å². The van der Waals surface area contributed by atoms with Gasteiger partial charge in [-0.15, -0.1) is 9.24 Å². The van der Waals surface area contributed by atoms with Gasteiger partial charge < -0.3 is 14.5 Å². The number of hydrogen-bond donors (Lipinski definition) is 0. The number of allylic oxidation sites excluding steroid dienone is 5. The van der Waals surface area contributed by atoms with E-state index in [0.29, 0.717) is 10.9 Å². The third kappa shape index (κ3) is 7.28. The van der Waals surface area contributed by atoms with Gasteiger partial charge in [0.2, 0.25) is 5.95 Å². The Kier molecular flexibility index (Phi) is 9.86. The third-order valence-corrected chi connectivity index (χ3v) is 9.69. The molecule has 0 amide bonds. The Balaban J connectivity index is 1.05. The summed E-state index contributed by atoms with van der Waals surface area (Å²) in [6.45, 7) is 12.8. The van der Waals surface area contributed by atoms with Crippen molar-refractivity contribution in [3.8, 4) is 5.75 Å². The van der Waals surface area contributed by atoms with Crippen molar-refractivity contribution in [2.24, 2.45) is 23.7 Å². The molecule has 0 bridgehead atoms. The Morgan fingerprint density at radius 3 is 2.67 bits per heavy atom. The summed E-state index contributed by atoms with van der Waals surface area (Å²) in [6, 6.07) is 6.51. The first kappa shape index (κ1) is 29.1. The SMILES string of the molecule is C=C(Cc1ccc(OCCC2CC2C2CCN(c3ncc(Cl)cn3)CC2)cc1P)N1CCCC(C)/C1=C\C=C/C. The van der Waals surface area contributed by atoms with Crippen LogP contribution in [0.2, 0.25) is 5.02 Å². The van der Waals surface area contributed by atoms with Gasteiger partial charge in [-0.2, -0.15) is 0 Å². The molecule has 214 valence electrons. The highest BCUT2D eigenvalue weighted by molar-refractivity contribution is 7.27. The minimum atomic E-state index is 0.566. The van der Waals surface area contributed by atoms with E-state index in [1.165, 1.54) is 54.4 Å². The smallest absolute Gasteiger partial charge is 0.225 e. The zero-order valence-electron chi connectivity index (χ0n) is 24.1. The van der Waals surface area contributed by atoms with Crippen molar-refractivity contribution in [1.82, 2.24) is 14.9 Å². The van der Waals surface area contributed by atoms with Gasteiger partial charge in [-0.1, -0.05) is 43.3 Å². The first-order chi connectivity index (χ1) is 19.4. The number of anilines is 1. The lowest BCUT2D eigenvalue weighted by Gasteiger charge is -2.37. The second kappa shape index (κ2) is 13.5. The predicted molar refractivity (Wildman–Crippen MR) is 170 cm³/mol. The lowest BCUT2D eigenvalue weighted by molar-refractivity contribution is 0.284. The van der Waals surface area contributed by atoms with Gasteiger partial charge in [0, 0.05) is 37.4 Å². The normalized spacial score (nSPS) is 24.6. The monoisotopic (exact) mass is 578 g/mol. The molecule has 1 aromatic heterocycles. The average molecular weight is 579 g/mol. The Bertz CT molecular complexity index is 1220. The summed E-state index contributed by atoms with van der Waals surface area (Å²) >= 11 is 5.94. The predicted octanol–water partition coefficient (Wildman–Crippen LogP) is 7.20. The molecule has 3 heterocycles. The Hall–Kier alpha value is -2.36. The van der Waals surface area contributed by atoms with Gasteiger partial charge in [-0.05, 0) is 98.2 Å². The highest BCUT2D eigenvalue weighted by Crippen LogP contribution is 2.50. The van der Waals surface area contributed by atoms with Gasteiger partial charge in [0.05, 0.1) is 24.0 Å². The number of ether oxygens (including phenoxy) is 1. The molecule has 5 nitrogen and oxygen atoms in total. The maximum Gasteiger partial charge on any atom is 0.225 e. The molecule has 0 N–H and O–H groups in total. The molecule has 2 aromatic rings. The fraction of sp³-hybridized carbons (Fsp3) is 0.515. The molecule has 1 aromatic carbocycles. The van der Waals surface area contributed by atoms with E-state index < -0.39 is 0 Å². The van der Waals surface area contributed by atoms with Crippen molar-refractivity contribution in [2.75, 3.05) is 31.1 Å². The van der Waals surface area contributed by atoms with Crippen LogP contribution in [-0.2, 0) is 6.42 Å². The summed E-state index contributed by atoms with van der Waals surface area (Å²) < 4.78 is 6.21. The standard InChI is InChI=1S/C33H44ClN4OP/c1-4-5-8-31-23(2)7-6-14-38(31)24(3)18-27-9-10-29(20-32(27)40)39-17-13-26-19-30(26)25-11-15-37(16-12-25)33-35-21-28(34)22-36-33/h4-5,8-10,20-23,25-26,30H,3,6-7,11-19,40H2,1-2H3/b5-4-,31-8+. The zero-order chi connectivity index (χ0) is 28.1. The molecule has 3 aliphatic rings. The molecule has 0 spiro atoms. The van der Waals surface area contributed by atoms with E-state index in [1.54, 1.807) is 12.4 Å². The number of nitrogens with zero attached hydrogens (tertiary/aromatic N) is 4. The number of piperidine rings is 2. The van der Waals surface area contributed by atoms with Crippen molar-refractivity contribution in [3.63, 3.8) is 0 Å². The second-order valence-corrected chi connectivity index (χ2v) is 12.8. The van der Waals surface area contributed by atoms with E-state index in [0.717, 1.165) is 68.5 Å². The van der Waals surface area contributed by atoms with Crippen LogP contribution in [-0.4, -0.2) is 41.1 Å². The molecule has 4 unspecified atom stereocenters. The molecular weight excluding hydrogens is 535 g/mol. The fourth-order valence-electron chi connectivity index (χ4n) is 6.53. The number of hydrogen-bond acceptors (Lipinski definition) is 5. The van der Waals surface area contributed by atoms with Gasteiger partial charge in [0.1, 0.15) is 5.75 Å². The van der Waals surface area contributed by atoms with E-state index in [1.807, 2.05) is 0 Å². The highest BCUT2D eigenvalue weighted by atomic mass is 35.5. The van der Waals surface area contributed by atoms with Gasteiger partial charge in [-0.25, -0.2) is 9.97 Å². The summed E-state index contributed by atoms with van der Waals surface area (Å²) in [5.74, 6) is 4.81. The van der Waals surface area contributed by atoms with Gasteiger partial charge in [0.15, 0.2) is 0 Å². The lowest BCUT2D eigenvalue weighted by atomic mass is 9.90. The molecular formula is C33H44ClN4OP. The van der Waals surface area contributed by atoms with Crippen molar-refractivity contribution in [2.45, 2.75) is 58.8 Å². The van der Waals surface area contributed by atoms with Crippen LogP contribution in [0.1, 0.15) is 57.9 Å². The van der Waals surface area contributed by atoms with E-state index in [4.69, 9.17) is 16.3 Å². The van der Waals surface area contributed by atoms with Gasteiger partial charge in [-0.3, -0.25) is 0 Å². The van der Waals surface area contributed by atoms with E-state index >= 15 is 0 Å². The quantitative estimate of drug-likeness (QED) is 0.279. The molecule has 2 saturated heterocycles. The molecule has 5 rings (SSSR count). The molecule has 4 atom stereocenters. The maximum atomic E-state index is 6.21. The summed E-state index contributed by atoms with van der Waals surface area (Å²) in [5.41, 5.74) is 3.86. The van der Waals surface area contributed by atoms with Crippen LogP contribution in [0.3, 0.4) is 0 Å². The van der Waals surface area contributed by atoms with Crippen molar-refractivity contribution in [3.05, 3.63) is 77.4 Å². The van der Waals surface area contributed by atoms with Crippen LogP contribution in [0.5, 0.6) is 5.75 Å². The average Bonchev–Trinajstić information content (AvgIpc) is 3.74. The first-order valence-electron chi connectivity index (χ1n) is 14.9. The third-order valence-electron chi connectivity index (χ3n) is 8.96. The number of aromatic nitrogens is 2. The Morgan fingerprint density at radius 2 is 1.95 bits per heavy atom. The number of benzene rings is 1. The number of halogens is 1. The van der Waals surface area contributed by atoms with Crippen LogP contribution < -0.4 is 14.9 Å². The van der Waals surface area contributed by atoms with Crippen LogP contribution in [0.4, 0.5) is 5.95 Å². The molecule has 1 aliphatic carbocycles. The molecule has 40 heavy (non-hydrogen) atoms. The lowest BCUT2D eigenvalue weighted by Crippen LogP contribution is -2.35. The molecule has 1 saturated carbocycles. The maximum absolute atomic E-state index is 6.21. The highest BCUT2D eigenvalue weighted by Gasteiger charge is 2.43. The Morgan fingerprint density at radius 1 is 1.18 bits per heavy atom.